The van der Waals surface area contributed by atoms with Crippen LogP contribution >= 0.6 is 0 Å². The van der Waals surface area contributed by atoms with Gasteiger partial charge in [-0.25, -0.2) is 4.39 Å². The van der Waals surface area contributed by atoms with Crippen LogP contribution in [0, 0.1) is 12.7 Å². The van der Waals surface area contributed by atoms with Gasteiger partial charge in [0.05, 0.1) is 11.9 Å². The average Bonchev–Trinajstić information content (AvgIpc) is 1.98. The van der Waals surface area contributed by atoms with E-state index in [-0.39, 0.29) is 5.82 Å². The molecule has 0 fully saturated rings. The van der Waals surface area contributed by atoms with Crippen molar-refractivity contribution in [1.82, 2.24) is 9.78 Å². The molecule has 8 heavy (non-hydrogen) atoms. The second-order valence-corrected chi connectivity index (χ2v) is 1.70. The van der Waals surface area contributed by atoms with Gasteiger partial charge in [0.1, 0.15) is 0 Å². The number of nitrogens with zero attached hydrogens (tertiary/aromatic N) is 2. The van der Waals surface area contributed by atoms with Crippen LogP contribution in [0.25, 0.3) is 0 Å². The predicted molar refractivity (Wildman–Crippen MR) is 27.9 cm³/mol. The average molecular weight is 114 g/mol. The van der Waals surface area contributed by atoms with Crippen molar-refractivity contribution in [3.8, 4) is 0 Å². The molecule has 3 heteroatoms. The fraction of sp³-hybridized carbons (Fsp3) is 0.400. The van der Waals surface area contributed by atoms with E-state index >= 15 is 0 Å². The molecule has 0 aliphatic heterocycles. The zero-order chi connectivity index (χ0) is 6.15. The predicted octanol–water partition coefficient (Wildman–Crippen LogP) is 0.868. The number of rotatable bonds is 0. The highest BCUT2D eigenvalue weighted by Crippen LogP contribution is 2.00. The first-order chi connectivity index (χ1) is 3.72. The highest BCUT2D eigenvalue weighted by atomic mass is 19.1. The van der Waals surface area contributed by atoms with Crippen molar-refractivity contribution < 1.29 is 4.39 Å². The molecule has 0 amide bonds. The minimum atomic E-state index is -0.243. The molecule has 1 heterocycles. The summed E-state index contributed by atoms with van der Waals surface area (Å²) in [5.74, 6) is -0.243. The number of halogens is 1. The van der Waals surface area contributed by atoms with Crippen LogP contribution in [0.3, 0.4) is 0 Å². The minimum absolute atomic E-state index is 0.243. The second-order valence-electron chi connectivity index (χ2n) is 1.70. The van der Waals surface area contributed by atoms with Gasteiger partial charge in [-0.3, -0.25) is 4.68 Å². The van der Waals surface area contributed by atoms with E-state index in [4.69, 9.17) is 0 Å². The Bertz CT molecular complexity index is 173. The molecule has 0 unspecified atom stereocenters. The zero-order valence-corrected chi connectivity index (χ0v) is 4.85. The van der Waals surface area contributed by atoms with Gasteiger partial charge >= 0.3 is 0 Å². The first-order valence-electron chi connectivity index (χ1n) is 2.36. The Labute approximate surface area is 46.9 Å². The molecule has 2 nitrogen and oxygen atoms in total. The summed E-state index contributed by atoms with van der Waals surface area (Å²) in [6.45, 7) is 1.68. The van der Waals surface area contributed by atoms with E-state index in [1.54, 1.807) is 14.0 Å². The van der Waals surface area contributed by atoms with Crippen molar-refractivity contribution in [2.24, 2.45) is 7.05 Å². The van der Waals surface area contributed by atoms with Gasteiger partial charge in [-0.15, -0.1) is 0 Å². The Morgan fingerprint density at radius 3 is 2.50 bits per heavy atom. The van der Waals surface area contributed by atoms with Gasteiger partial charge in [0.25, 0.3) is 0 Å². The summed E-state index contributed by atoms with van der Waals surface area (Å²) in [4.78, 5) is 0. The van der Waals surface area contributed by atoms with Crippen LogP contribution in [-0.2, 0) is 7.05 Å². The minimum Gasteiger partial charge on any atom is -0.270 e. The first kappa shape index (κ1) is 5.28. The zero-order valence-electron chi connectivity index (χ0n) is 4.85. The lowest BCUT2D eigenvalue weighted by Gasteiger charge is -1.88. The van der Waals surface area contributed by atoms with Crippen molar-refractivity contribution >= 4 is 0 Å². The second kappa shape index (κ2) is 1.58. The van der Waals surface area contributed by atoms with Crippen LogP contribution in [0.1, 0.15) is 5.69 Å². The van der Waals surface area contributed by atoms with Crippen LogP contribution in [0.2, 0.25) is 0 Å². The monoisotopic (exact) mass is 114 g/mol. The van der Waals surface area contributed by atoms with Gasteiger partial charge in [0.15, 0.2) is 5.82 Å². The van der Waals surface area contributed by atoms with Crippen molar-refractivity contribution in [1.29, 1.82) is 0 Å². The van der Waals surface area contributed by atoms with Gasteiger partial charge in [-0.05, 0) is 6.92 Å². The van der Waals surface area contributed by atoms with Gasteiger partial charge in [-0.1, -0.05) is 0 Å². The van der Waals surface area contributed by atoms with Gasteiger partial charge < -0.3 is 0 Å². The summed E-state index contributed by atoms with van der Waals surface area (Å²) in [6.07, 6.45) is 1.20. The number of aromatic nitrogens is 2. The Morgan fingerprint density at radius 2 is 2.38 bits per heavy atom. The summed E-state index contributed by atoms with van der Waals surface area (Å²) in [5.41, 5.74) is 0.574. The van der Waals surface area contributed by atoms with Crippen LogP contribution in [0.15, 0.2) is 6.20 Å². The molecule has 0 bridgehead atoms. The molecular weight excluding hydrogens is 107 g/mol. The maximum atomic E-state index is 12.3. The molecule has 0 aromatic carbocycles. The van der Waals surface area contributed by atoms with Crippen LogP contribution in [0.5, 0.6) is 0 Å². The molecule has 1 rings (SSSR count). The summed E-state index contributed by atoms with van der Waals surface area (Å²) >= 11 is 0. The molecule has 1 aromatic rings. The van der Waals surface area contributed by atoms with E-state index in [2.05, 4.69) is 5.10 Å². The number of hydrogen-bond donors (Lipinski definition) is 0. The summed E-state index contributed by atoms with van der Waals surface area (Å²) in [7, 11) is 1.71. The summed E-state index contributed by atoms with van der Waals surface area (Å²) in [6, 6.07) is 0. The van der Waals surface area contributed by atoms with E-state index in [0.717, 1.165) is 0 Å². The fourth-order valence-corrected chi connectivity index (χ4v) is 0.472. The van der Waals surface area contributed by atoms with Crippen molar-refractivity contribution in [2.75, 3.05) is 0 Å². The van der Waals surface area contributed by atoms with Crippen molar-refractivity contribution in [2.45, 2.75) is 6.92 Å². The largest absolute Gasteiger partial charge is 0.270 e. The first-order valence-corrected chi connectivity index (χ1v) is 2.36. The normalized spacial score (nSPS) is 9.88. The van der Waals surface area contributed by atoms with E-state index in [1.807, 2.05) is 0 Å². The summed E-state index contributed by atoms with van der Waals surface area (Å²) < 4.78 is 13.8. The SMILES string of the molecule is Cc1c(F)cnn1C. The van der Waals surface area contributed by atoms with Crippen molar-refractivity contribution in [3.63, 3.8) is 0 Å². The van der Waals surface area contributed by atoms with E-state index in [1.165, 1.54) is 10.9 Å². The highest BCUT2D eigenvalue weighted by Gasteiger charge is 1.98. The molecule has 1 aromatic heterocycles. The molecule has 0 atom stereocenters. The van der Waals surface area contributed by atoms with Gasteiger partial charge in [0, 0.05) is 7.05 Å². The lowest BCUT2D eigenvalue weighted by atomic mass is 10.5. The third kappa shape index (κ3) is 0.598. The summed E-state index contributed by atoms with van der Waals surface area (Å²) in [5, 5.41) is 3.66. The lowest BCUT2D eigenvalue weighted by Crippen LogP contribution is -1.92. The Kier molecular flexibility index (Phi) is 1.04. The van der Waals surface area contributed by atoms with Crippen LogP contribution in [-0.4, -0.2) is 9.78 Å². The topological polar surface area (TPSA) is 17.8 Å². The van der Waals surface area contributed by atoms with E-state index in [0.29, 0.717) is 5.69 Å². The van der Waals surface area contributed by atoms with Gasteiger partial charge in [-0.2, -0.15) is 5.10 Å². The Morgan fingerprint density at radius 1 is 1.75 bits per heavy atom. The fourth-order valence-electron chi connectivity index (χ4n) is 0.472. The quantitative estimate of drug-likeness (QED) is 0.489. The van der Waals surface area contributed by atoms with Crippen LogP contribution < -0.4 is 0 Å². The van der Waals surface area contributed by atoms with Gasteiger partial charge in [0.2, 0.25) is 0 Å². The molecular formula is C5H7FN2. The number of aryl methyl sites for hydroxylation is 1. The molecule has 0 radical (unpaired) electrons. The molecule has 44 valence electrons. The highest BCUT2D eigenvalue weighted by molar-refractivity contribution is 4.99. The molecule has 0 spiro atoms. The molecule has 0 saturated heterocycles. The maximum absolute atomic E-state index is 12.3. The number of hydrogen-bond acceptors (Lipinski definition) is 1. The van der Waals surface area contributed by atoms with Crippen LogP contribution in [0.4, 0.5) is 4.39 Å². The van der Waals surface area contributed by atoms with E-state index < -0.39 is 0 Å². The third-order valence-corrected chi connectivity index (χ3v) is 1.18. The smallest absolute Gasteiger partial charge is 0.163 e. The Hall–Kier alpha value is -0.860. The molecule has 0 N–H and O–H groups in total. The third-order valence-electron chi connectivity index (χ3n) is 1.18. The molecule has 0 aliphatic carbocycles. The maximum Gasteiger partial charge on any atom is 0.163 e. The standard InChI is InChI=1S/C5H7FN2/c1-4-5(6)3-7-8(4)2/h3H,1-2H3. The van der Waals surface area contributed by atoms with E-state index in [9.17, 15) is 4.39 Å². The molecule has 0 aliphatic rings. The molecule has 0 saturated carbocycles. The lowest BCUT2D eigenvalue weighted by molar-refractivity contribution is 0.610. The van der Waals surface area contributed by atoms with Crippen molar-refractivity contribution in [3.05, 3.63) is 17.7 Å². The Balaban J connectivity index is 3.19.